The van der Waals surface area contributed by atoms with Gasteiger partial charge in [-0.25, -0.2) is 9.97 Å². The number of rotatable bonds is 4. The molecule has 27 heavy (non-hydrogen) atoms. The first-order valence-corrected chi connectivity index (χ1v) is 10.3. The van der Waals surface area contributed by atoms with Crippen LogP contribution in [-0.2, 0) is 5.41 Å². The third-order valence-corrected chi connectivity index (χ3v) is 6.35. The largest absolute Gasteiger partial charge is 0.393 e. The number of hydrogen-bond donors (Lipinski definition) is 3. The van der Waals surface area contributed by atoms with E-state index in [0.717, 1.165) is 67.9 Å². The maximum absolute atomic E-state index is 9.72. The van der Waals surface area contributed by atoms with E-state index in [1.165, 1.54) is 0 Å². The van der Waals surface area contributed by atoms with Crippen LogP contribution in [0.15, 0.2) is 36.5 Å². The number of benzene rings is 1. The number of aliphatic hydroxyl groups is 1. The summed E-state index contributed by atoms with van der Waals surface area (Å²) in [5.41, 5.74) is 2.00. The summed E-state index contributed by atoms with van der Waals surface area (Å²) in [6, 6.07) is 10.5. The van der Waals surface area contributed by atoms with E-state index in [9.17, 15) is 5.11 Å². The summed E-state index contributed by atoms with van der Waals surface area (Å²) >= 11 is 6.60. The van der Waals surface area contributed by atoms with Crippen molar-refractivity contribution >= 4 is 17.5 Å². The first kappa shape index (κ1) is 18.7. The van der Waals surface area contributed by atoms with Gasteiger partial charge in [-0.1, -0.05) is 29.8 Å². The molecule has 2 heterocycles. The quantitative estimate of drug-likeness (QED) is 0.750. The Bertz CT molecular complexity index is 770. The van der Waals surface area contributed by atoms with Crippen molar-refractivity contribution in [3.8, 4) is 0 Å². The number of piperidine rings is 1. The van der Waals surface area contributed by atoms with Crippen molar-refractivity contribution < 1.29 is 5.11 Å². The van der Waals surface area contributed by atoms with Gasteiger partial charge in [0.25, 0.3) is 0 Å². The first-order chi connectivity index (χ1) is 13.2. The van der Waals surface area contributed by atoms with Gasteiger partial charge in [-0.2, -0.15) is 0 Å². The number of hydrogen-bond acceptors (Lipinski definition) is 5. The molecule has 1 saturated carbocycles. The van der Waals surface area contributed by atoms with E-state index < -0.39 is 0 Å². The minimum Gasteiger partial charge on any atom is -0.393 e. The number of nitrogens with one attached hydrogen (secondary N) is 2. The topological polar surface area (TPSA) is 70.1 Å². The second-order valence-electron chi connectivity index (χ2n) is 7.73. The predicted octanol–water partition coefficient (Wildman–Crippen LogP) is 3.51. The van der Waals surface area contributed by atoms with Gasteiger partial charge in [-0.15, -0.1) is 0 Å². The molecule has 1 aromatic heterocycles. The van der Waals surface area contributed by atoms with Crippen molar-refractivity contribution in [1.82, 2.24) is 15.3 Å². The summed E-state index contributed by atoms with van der Waals surface area (Å²) < 4.78 is 0. The lowest BCUT2D eigenvalue weighted by molar-refractivity contribution is 0.126. The molecule has 2 aromatic rings. The Hall–Kier alpha value is -1.69. The van der Waals surface area contributed by atoms with Gasteiger partial charge in [0.05, 0.1) is 11.8 Å². The Kier molecular flexibility index (Phi) is 5.62. The lowest BCUT2D eigenvalue weighted by Gasteiger charge is -2.38. The highest BCUT2D eigenvalue weighted by Crippen LogP contribution is 2.42. The van der Waals surface area contributed by atoms with Crippen LogP contribution in [0.5, 0.6) is 0 Å². The number of aromatic nitrogens is 2. The molecular weight excluding hydrogens is 360 g/mol. The van der Waals surface area contributed by atoms with Crippen LogP contribution in [0.25, 0.3) is 0 Å². The summed E-state index contributed by atoms with van der Waals surface area (Å²) in [4.78, 5) is 9.39. The lowest BCUT2D eigenvalue weighted by Crippen LogP contribution is -2.41. The van der Waals surface area contributed by atoms with Crippen LogP contribution in [0.3, 0.4) is 0 Å². The van der Waals surface area contributed by atoms with Crippen LogP contribution >= 0.6 is 11.6 Å². The lowest BCUT2D eigenvalue weighted by atomic mass is 9.70. The molecule has 3 N–H and O–H groups in total. The second kappa shape index (κ2) is 8.13. The van der Waals surface area contributed by atoms with Crippen LogP contribution in [0, 0.1) is 0 Å². The van der Waals surface area contributed by atoms with Gasteiger partial charge in [-0.3, -0.25) is 0 Å². The molecule has 0 atom stereocenters. The van der Waals surface area contributed by atoms with Crippen LogP contribution in [-0.4, -0.2) is 40.3 Å². The Morgan fingerprint density at radius 3 is 2.56 bits per heavy atom. The third kappa shape index (κ3) is 3.96. The SMILES string of the molecule is OC1CCC(Nc2nccc(C3(c4ccccc4Cl)CCNCC3)n2)CC1. The van der Waals surface area contributed by atoms with Crippen LogP contribution < -0.4 is 10.6 Å². The van der Waals surface area contributed by atoms with Gasteiger partial charge < -0.3 is 15.7 Å². The van der Waals surface area contributed by atoms with Gasteiger partial charge in [0.15, 0.2) is 0 Å². The molecule has 0 spiro atoms. The average molecular weight is 387 g/mol. The van der Waals surface area contributed by atoms with E-state index in [1.807, 2.05) is 24.4 Å². The minimum atomic E-state index is -0.189. The van der Waals surface area contributed by atoms with Gasteiger partial charge in [0.2, 0.25) is 5.95 Å². The predicted molar refractivity (Wildman–Crippen MR) is 108 cm³/mol. The molecule has 5 nitrogen and oxygen atoms in total. The highest BCUT2D eigenvalue weighted by atomic mass is 35.5. The standard InChI is InChI=1S/C21H27ClN4O/c22-18-4-2-1-3-17(18)21(10-13-23-14-11-21)19-9-12-24-20(26-19)25-15-5-7-16(27)8-6-15/h1-4,9,12,15-16,23,27H,5-8,10-11,13-14H2,(H,24,25,26). The average Bonchev–Trinajstić information content (AvgIpc) is 2.71. The van der Waals surface area contributed by atoms with Crippen molar-refractivity contribution in [1.29, 1.82) is 0 Å². The van der Waals surface area contributed by atoms with Gasteiger partial charge >= 0.3 is 0 Å². The zero-order valence-electron chi connectivity index (χ0n) is 15.5. The highest BCUT2D eigenvalue weighted by molar-refractivity contribution is 6.31. The molecular formula is C21H27ClN4O. The molecule has 1 saturated heterocycles. The molecule has 1 aliphatic heterocycles. The fraction of sp³-hybridized carbons (Fsp3) is 0.524. The second-order valence-corrected chi connectivity index (χ2v) is 8.13. The Morgan fingerprint density at radius 2 is 1.81 bits per heavy atom. The van der Waals surface area contributed by atoms with Gasteiger partial charge in [0.1, 0.15) is 0 Å². The zero-order valence-corrected chi connectivity index (χ0v) is 16.3. The van der Waals surface area contributed by atoms with Crippen LogP contribution in [0.2, 0.25) is 5.02 Å². The normalized spacial score (nSPS) is 25.1. The Balaban J connectivity index is 1.64. The third-order valence-electron chi connectivity index (χ3n) is 6.02. The van der Waals surface area contributed by atoms with E-state index in [1.54, 1.807) is 0 Å². The number of nitrogens with zero attached hydrogens (tertiary/aromatic N) is 2. The molecule has 144 valence electrons. The maximum Gasteiger partial charge on any atom is 0.223 e. The first-order valence-electron chi connectivity index (χ1n) is 9.91. The van der Waals surface area contributed by atoms with Crippen molar-refractivity contribution in [2.75, 3.05) is 18.4 Å². The van der Waals surface area contributed by atoms with Gasteiger partial charge in [0, 0.05) is 22.7 Å². The van der Waals surface area contributed by atoms with E-state index in [-0.39, 0.29) is 11.5 Å². The highest BCUT2D eigenvalue weighted by Gasteiger charge is 2.38. The summed E-state index contributed by atoms with van der Waals surface area (Å²) in [6.45, 7) is 1.89. The number of anilines is 1. The molecule has 0 unspecified atom stereocenters. The van der Waals surface area contributed by atoms with E-state index in [0.29, 0.717) is 12.0 Å². The van der Waals surface area contributed by atoms with Crippen molar-refractivity contribution in [2.24, 2.45) is 0 Å². The molecule has 0 bridgehead atoms. The summed E-state index contributed by atoms with van der Waals surface area (Å²) in [5.74, 6) is 0.679. The maximum atomic E-state index is 9.72. The van der Waals surface area contributed by atoms with E-state index in [4.69, 9.17) is 16.6 Å². The summed E-state index contributed by atoms with van der Waals surface area (Å²) in [7, 11) is 0. The van der Waals surface area contributed by atoms with E-state index in [2.05, 4.69) is 27.8 Å². The van der Waals surface area contributed by atoms with Crippen LogP contribution in [0.1, 0.15) is 49.8 Å². The smallest absolute Gasteiger partial charge is 0.223 e. The summed E-state index contributed by atoms with van der Waals surface area (Å²) in [6.07, 6.45) is 7.20. The Morgan fingerprint density at radius 1 is 1.07 bits per heavy atom. The van der Waals surface area contributed by atoms with E-state index >= 15 is 0 Å². The van der Waals surface area contributed by atoms with Crippen molar-refractivity contribution in [3.63, 3.8) is 0 Å². The minimum absolute atomic E-state index is 0.159. The molecule has 4 rings (SSSR count). The molecule has 1 aliphatic carbocycles. The Labute approximate surface area is 165 Å². The van der Waals surface area contributed by atoms with Crippen LogP contribution in [0.4, 0.5) is 5.95 Å². The van der Waals surface area contributed by atoms with Crippen molar-refractivity contribution in [2.45, 2.75) is 56.1 Å². The van der Waals surface area contributed by atoms with Gasteiger partial charge in [-0.05, 0) is 69.3 Å². The number of halogens is 1. The molecule has 0 amide bonds. The molecule has 1 aromatic carbocycles. The molecule has 2 fully saturated rings. The fourth-order valence-corrected chi connectivity index (χ4v) is 4.78. The van der Waals surface area contributed by atoms with Crippen molar-refractivity contribution in [3.05, 3.63) is 52.8 Å². The molecule has 6 heteroatoms. The molecule has 2 aliphatic rings. The fourth-order valence-electron chi connectivity index (χ4n) is 4.46. The monoisotopic (exact) mass is 386 g/mol. The molecule has 0 radical (unpaired) electrons. The number of aliphatic hydroxyl groups excluding tert-OH is 1. The zero-order chi connectivity index (χ0) is 18.7. The summed E-state index contributed by atoms with van der Waals surface area (Å²) in [5, 5.41) is 17.5.